The van der Waals surface area contributed by atoms with E-state index in [9.17, 15) is 0 Å². The molecule has 112 valence electrons. The summed E-state index contributed by atoms with van der Waals surface area (Å²) in [6.07, 6.45) is 2.26. The molecule has 0 radical (unpaired) electrons. The minimum atomic E-state index is 0.652. The number of hydrogen-bond donors (Lipinski definition) is 2. The van der Waals surface area contributed by atoms with Crippen LogP contribution in [0.3, 0.4) is 0 Å². The largest absolute Gasteiger partial charge is 0.340 e. The number of aryl methyl sites for hydroxylation is 1. The Hall–Kier alpha value is -1.88. The van der Waals surface area contributed by atoms with Crippen LogP contribution in [-0.4, -0.2) is 34.8 Å². The zero-order valence-electron chi connectivity index (χ0n) is 12.8. The fourth-order valence-corrected chi connectivity index (χ4v) is 2.89. The molecular formula is C16H23N5. The zero-order chi connectivity index (χ0) is 14.8. The van der Waals surface area contributed by atoms with Gasteiger partial charge < -0.3 is 10.6 Å². The van der Waals surface area contributed by atoms with Gasteiger partial charge in [-0.05, 0) is 50.3 Å². The number of nitrogens with one attached hydrogen (secondary N) is 1. The maximum atomic E-state index is 5.74. The van der Waals surface area contributed by atoms with E-state index in [-0.39, 0.29) is 0 Å². The lowest BCUT2D eigenvalue weighted by atomic mass is 9.97. The van der Waals surface area contributed by atoms with Gasteiger partial charge in [0, 0.05) is 18.7 Å². The molecule has 1 aliphatic heterocycles. The minimum absolute atomic E-state index is 0.652. The molecule has 0 bridgehead atoms. The number of H-pyrrole nitrogens is 1. The summed E-state index contributed by atoms with van der Waals surface area (Å²) in [5, 5.41) is 7.48. The summed E-state index contributed by atoms with van der Waals surface area (Å²) < 4.78 is 0. The first-order valence-electron chi connectivity index (χ1n) is 7.63. The first kappa shape index (κ1) is 14.1. The Balaban J connectivity index is 1.79. The van der Waals surface area contributed by atoms with Crippen LogP contribution in [0.2, 0.25) is 0 Å². The second-order valence-electron chi connectivity index (χ2n) is 5.90. The molecule has 5 nitrogen and oxygen atoms in total. The van der Waals surface area contributed by atoms with E-state index in [0.717, 1.165) is 49.8 Å². The van der Waals surface area contributed by atoms with Crippen LogP contribution in [0.5, 0.6) is 0 Å². The number of nitrogens with two attached hydrogens (primary N) is 1. The SMILES string of the molecule is Cc1cccc(-c2nc(N3CCC(CN)CC3)n[nH]2)c1C. The first-order chi connectivity index (χ1) is 10.2. The van der Waals surface area contributed by atoms with Gasteiger partial charge in [-0.1, -0.05) is 18.2 Å². The van der Waals surface area contributed by atoms with Crippen molar-refractivity contribution in [2.24, 2.45) is 11.7 Å². The van der Waals surface area contributed by atoms with E-state index in [1.165, 1.54) is 11.1 Å². The molecule has 0 saturated carbocycles. The fraction of sp³-hybridized carbons (Fsp3) is 0.500. The van der Waals surface area contributed by atoms with Crippen molar-refractivity contribution in [2.45, 2.75) is 26.7 Å². The van der Waals surface area contributed by atoms with Gasteiger partial charge in [0.15, 0.2) is 5.82 Å². The topological polar surface area (TPSA) is 70.8 Å². The van der Waals surface area contributed by atoms with Gasteiger partial charge in [-0.3, -0.25) is 5.10 Å². The van der Waals surface area contributed by atoms with Gasteiger partial charge in [0.05, 0.1) is 0 Å². The van der Waals surface area contributed by atoms with Crippen LogP contribution in [0.15, 0.2) is 18.2 Å². The van der Waals surface area contributed by atoms with Crippen molar-refractivity contribution in [3.63, 3.8) is 0 Å². The summed E-state index contributed by atoms with van der Waals surface area (Å²) in [4.78, 5) is 6.93. The van der Waals surface area contributed by atoms with Crippen molar-refractivity contribution in [1.29, 1.82) is 0 Å². The molecule has 3 rings (SSSR count). The maximum absolute atomic E-state index is 5.74. The number of piperidine rings is 1. The Kier molecular flexibility index (Phi) is 3.92. The number of aromatic amines is 1. The molecule has 2 aromatic rings. The molecule has 0 amide bonds. The van der Waals surface area contributed by atoms with Gasteiger partial charge in [-0.25, -0.2) is 0 Å². The quantitative estimate of drug-likeness (QED) is 0.907. The van der Waals surface area contributed by atoms with Gasteiger partial charge in [0.1, 0.15) is 0 Å². The lowest BCUT2D eigenvalue weighted by molar-refractivity contribution is 0.411. The van der Waals surface area contributed by atoms with E-state index < -0.39 is 0 Å². The van der Waals surface area contributed by atoms with E-state index in [1.54, 1.807) is 0 Å². The van der Waals surface area contributed by atoms with E-state index in [2.05, 4.69) is 52.1 Å². The normalized spacial score (nSPS) is 16.4. The molecule has 1 aromatic carbocycles. The van der Waals surface area contributed by atoms with Crippen LogP contribution in [0, 0.1) is 19.8 Å². The molecule has 1 saturated heterocycles. The van der Waals surface area contributed by atoms with Crippen LogP contribution in [0.1, 0.15) is 24.0 Å². The molecule has 5 heteroatoms. The fourth-order valence-electron chi connectivity index (χ4n) is 2.89. The van der Waals surface area contributed by atoms with Crippen LogP contribution in [-0.2, 0) is 0 Å². The second-order valence-corrected chi connectivity index (χ2v) is 5.90. The second kappa shape index (κ2) is 5.85. The number of rotatable bonds is 3. The Morgan fingerprint density at radius 3 is 2.76 bits per heavy atom. The predicted octanol–water partition coefficient (Wildman–Crippen LogP) is 2.26. The predicted molar refractivity (Wildman–Crippen MR) is 85.3 cm³/mol. The Morgan fingerprint density at radius 1 is 1.29 bits per heavy atom. The Bertz CT molecular complexity index is 611. The highest BCUT2D eigenvalue weighted by Crippen LogP contribution is 2.25. The lowest BCUT2D eigenvalue weighted by Gasteiger charge is -2.30. The third-order valence-electron chi connectivity index (χ3n) is 4.56. The van der Waals surface area contributed by atoms with Crippen LogP contribution < -0.4 is 10.6 Å². The standard InChI is InChI=1S/C16H23N5/c1-11-4-3-5-14(12(11)2)15-18-16(20-19-15)21-8-6-13(10-17)7-9-21/h3-5,13H,6-10,17H2,1-2H3,(H,18,19,20). The maximum Gasteiger partial charge on any atom is 0.245 e. The molecule has 0 unspecified atom stereocenters. The monoisotopic (exact) mass is 285 g/mol. The van der Waals surface area contributed by atoms with Crippen LogP contribution in [0.4, 0.5) is 5.95 Å². The summed E-state index contributed by atoms with van der Waals surface area (Å²) in [6, 6.07) is 6.27. The number of nitrogens with zero attached hydrogens (tertiary/aromatic N) is 3. The minimum Gasteiger partial charge on any atom is -0.340 e. The van der Waals surface area contributed by atoms with Crippen molar-refractivity contribution < 1.29 is 0 Å². The summed E-state index contributed by atoms with van der Waals surface area (Å²) in [7, 11) is 0. The average molecular weight is 285 g/mol. The van der Waals surface area contributed by atoms with Gasteiger partial charge in [0.25, 0.3) is 0 Å². The zero-order valence-corrected chi connectivity index (χ0v) is 12.8. The highest BCUT2D eigenvalue weighted by Gasteiger charge is 2.21. The third kappa shape index (κ3) is 2.78. The van der Waals surface area contributed by atoms with E-state index in [1.807, 2.05) is 0 Å². The number of hydrogen-bond acceptors (Lipinski definition) is 4. The van der Waals surface area contributed by atoms with E-state index in [0.29, 0.717) is 5.92 Å². The van der Waals surface area contributed by atoms with E-state index >= 15 is 0 Å². The molecule has 1 fully saturated rings. The van der Waals surface area contributed by atoms with Gasteiger partial charge in [-0.15, -0.1) is 5.10 Å². The van der Waals surface area contributed by atoms with Gasteiger partial charge >= 0.3 is 0 Å². The highest BCUT2D eigenvalue weighted by atomic mass is 15.4. The lowest BCUT2D eigenvalue weighted by Crippen LogP contribution is -2.36. The molecule has 0 aliphatic carbocycles. The third-order valence-corrected chi connectivity index (χ3v) is 4.56. The van der Waals surface area contributed by atoms with Crippen LogP contribution >= 0.6 is 0 Å². The summed E-state index contributed by atoms with van der Waals surface area (Å²) >= 11 is 0. The molecular weight excluding hydrogens is 262 g/mol. The summed E-state index contributed by atoms with van der Waals surface area (Å²) in [5.41, 5.74) is 9.40. The van der Waals surface area contributed by atoms with Crippen LogP contribution in [0.25, 0.3) is 11.4 Å². The Morgan fingerprint density at radius 2 is 2.05 bits per heavy atom. The molecule has 21 heavy (non-hydrogen) atoms. The van der Waals surface area contributed by atoms with Crippen molar-refractivity contribution >= 4 is 5.95 Å². The summed E-state index contributed by atoms with van der Waals surface area (Å²) in [6.45, 7) is 7.01. The number of anilines is 1. The molecule has 0 spiro atoms. The average Bonchev–Trinajstić information content (AvgIpc) is 3.00. The molecule has 0 atom stereocenters. The van der Waals surface area contributed by atoms with E-state index in [4.69, 9.17) is 5.73 Å². The Labute approximate surface area is 125 Å². The molecule has 1 aromatic heterocycles. The van der Waals surface area contributed by atoms with Crippen molar-refractivity contribution in [3.05, 3.63) is 29.3 Å². The first-order valence-corrected chi connectivity index (χ1v) is 7.63. The number of aromatic nitrogens is 3. The molecule has 2 heterocycles. The molecule has 3 N–H and O–H groups in total. The number of benzene rings is 1. The van der Waals surface area contributed by atoms with Gasteiger partial charge in [0.2, 0.25) is 5.95 Å². The highest BCUT2D eigenvalue weighted by molar-refractivity contribution is 5.62. The summed E-state index contributed by atoms with van der Waals surface area (Å²) in [5.74, 6) is 2.31. The molecule has 1 aliphatic rings. The van der Waals surface area contributed by atoms with Gasteiger partial charge in [-0.2, -0.15) is 4.98 Å². The smallest absolute Gasteiger partial charge is 0.245 e. The van der Waals surface area contributed by atoms with Crippen molar-refractivity contribution in [3.8, 4) is 11.4 Å². The van der Waals surface area contributed by atoms with Crippen molar-refractivity contribution in [2.75, 3.05) is 24.5 Å². The van der Waals surface area contributed by atoms with Crippen molar-refractivity contribution in [1.82, 2.24) is 15.2 Å².